The molecule has 1 unspecified atom stereocenters. The van der Waals surface area contributed by atoms with Crippen LogP contribution >= 0.6 is 12.4 Å². The van der Waals surface area contributed by atoms with Crippen molar-refractivity contribution in [1.29, 1.82) is 0 Å². The molecule has 0 saturated carbocycles. The minimum absolute atomic E-state index is 0. The van der Waals surface area contributed by atoms with Gasteiger partial charge >= 0.3 is 0 Å². The molecule has 0 bridgehead atoms. The zero-order chi connectivity index (χ0) is 14.0. The predicted octanol–water partition coefficient (Wildman–Crippen LogP) is 1.39. The van der Waals surface area contributed by atoms with Crippen molar-refractivity contribution >= 4 is 22.4 Å². The van der Waals surface area contributed by atoms with Gasteiger partial charge in [0, 0.05) is 25.3 Å². The lowest BCUT2D eigenvalue weighted by Crippen LogP contribution is -2.42. The predicted molar refractivity (Wildman–Crippen MR) is 76.6 cm³/mol. The molecular formula is C12H19ClFN3O2S. The van der Waals surface area contributed by atoms with Crippen molar-refractivity contribution in [2.24, 2.45) is 11.7 Å². The van der Waals surface area contributed by atoms with Crippen molar-refractivity contribution in [3.8, 4) is 0 Å². The van der Waals surface area contributed by atoms with Gasteiger partial charge in [0.25, 0.3) is 0 Å². The molecule has 0 aromatic carbocycles. The normalized spacial score (nSPS) is 19.4. The molecular weight excluding hydrogens is 305 g/mol. The van der Waals surface area contributed by atoms with Crippen LogP contribution in [0.1, 0.15) is 19.8 Å². The number of aromatic nitrogens is 1. The first kappa shape index (κ1) is 17.3. The average Bonchev–Trinajstić information content (AvgIpc) is 2.39. The van der Waals surface area contributed by atoms with E-state index in [9.17, 15) is 12.8 Å². The van der Waals surface area contributed by atoms with Gasteiger partial charge in [0.1, 0.15) is 10.7 Å². The van der Waals surface area contributed by atoms with Crippen LogP contribution in [0, 0.1) is 11.7 Å². The fourth-order valence-corrected chi connectivity index (χ4v) is 3.77. The summed E-state index contributed by atoms with van der Waals surface area (Å²) in [5.41, 5.74) is 5.83. The van der Waals surface area contributed by atoms with Crippen molar-refractivity contribution < 1.29 is 12.8 Å². The van der Waals surface area contributed by atoms with E-state index in [4.69, 9.17) is 5.73 Å². The zero-order valence-corrected chi connectivity index (χ0v) is 12.8. The largest absolute Gasteiger partial charge is 0.328 e. The number of piperidine rings is 1. The molecule has 0 radical (unpaired) electrons. The van der Waals surface area contributed by atoms with Crippen LogP contribution in [0.25, 0.3) is 0 Å². The molecule has 8 heteroatoms. The summed E-state index contributed by atoms with van der Waals surface area (Å²) in [6.45, 7) is 2.78. The maximum atomic E-state index is 13.1. The topological polar surface area (TPSA) is 76.3 Å². The minimum atomic E-state index is -3.64. The van der Waals surface area contributed by atoms with Crippen LogP contribution in [0.2, 0.25) is 0 Å². The van der Waals surface area contributed by atoms with Crippen molar-refractivity contribution in [2.45, 2.75) is 30.7 Å². The molecule has 1 aliphatic rings. The maximum absolute atomic E-state index is 13.1. The Morgan fingerprint density at radius 3 is 2.50 bits per heavy atom. The molecule has 1 atom stereocenters. The number of halogens is 2. The Hall–Kier alpha value is -0.760. The Balaban J connectivity index is 0.00000200. The maximum Gasteiger partial charge on any atom is 0.244 e. The molecule has 5 nitrogen and oxygen atoms in total. The third kappa shape index (κ3) is 3.66. The van der Waals surface area contributed by atoms with Gasteiger partial charge in [-0.05, 0) is 31.7 Å². The quantitative estimate of drug-likeness (QED) is 0.912. The summed E-state index contributed by atoms with van der Waals surface area (Å²) in [6.07, 6.45) is 3.64. The van der Waals surface area contributed by atoms with E-state index < -0.39 is 15.8 Å². The molecule has 114 valence electrons. The number of pyridine rings is 1. The zero-order valence-electron chi connectivity index (χ0n) is 11.2. The summed E-state index contributed by atoms with van der Waals surface area (Å²) in [5, 5.41) is 0. The molecule has 2 rings (SSSR count). The highest BCUT2D eigenvalue weighted by Crippen LogP contribution is 2.24. The first-order valence-corrected chi connectivity index (χ1v) is 7.71. The summed E-state index contributed by atoms with van der Waals surface area (Å²) in [7, 11) is -3.64. The first-order chi connectivity index (χ1) is 8.91. The molecule has 0 amide bonds. The fraction of sp³-hybridized carbons (Fsp3) is 0.583. The van der Waals surface area contributed by atoms with Gasteiger partial charge in [-0.3, -0.25) is 4.98 Å². The summed E-state index contributed by atoms with van der Waals surface area (Å²) in [4.78, 5) is 3.50. The third-order valence-electron chi connectivity index (χ3n) is 3.56. The molecule has 0 aliphatic carbocycles. The molecule has 20 heavy (non-hydrogen) atoms. The van der Waals surface area contributed by atoms with E-state index in [0.29, 0.717) is 19.0 Å². The summed E-state index contributed by atoms with van der Waals surface area (Å²) in [5.74, 6) is -0.302. The highest BCUT2D eigenvalue weighted by molar-refractivity contribution is 7.89. The van der Waals surface area contributed by atoms with Gasteiger partial charge < -0.3 is 5.73 Å². The number of nitrogens with zero attached hydrogens (tertiary/aromatic N) is 2. The highest BCUT2D eigenvalue weighted by atomic mass is 35.5. The van der Waals surface area contributed by atoms with Crippen LogP contribution in [-0.4, -0.2) is 36.8 Å². The van der Waals surface area contributed by atoms with Crippen LogP contribution in [0.4, 0.5) is 4.39 Å². The minimum Gasteiger partial charge on any atom is -0.328 e. The van der Waals surface area contributed by atoms with Gasteiger partial charge in [0.15, 0.2) is 0 Å². The molecule has 1 saturated heterocycles. The van der Waals surface area contributed by atoms with Crippen LogP contribution in [0.5, 0.6) is 0 Å². The van der Waals surface area contributed by atoms with E-state index in [0.717, 1.165) is 25.1 Å². The van der Waals surface area contributed by atoms with E-state index in [2.05, 4.69) is 4.98 Å². The van der Waals surface area contributed by atoms with E-state index in [1.165, 1.54) is 10.5 Å². The van der Waals surface area contributed by atoms with Crippen molar-refractivity contribution in [3.63, 3.8) is 0 Å². The second-order valence-electron chi connectivity index (χ2n) is 4.94. The van der Waals surface area contributed by atoms with Crippen molar-refractivity contribution in [2.75, 3.05) is 13.1 Å². The first-order valence-electron chi connectivity index (χ1n) is 6.27. The molecule has 1 aromatic rings. The number of hydrogen-bond donors (Lipinski definition) is 1. The van der Waals surface area contributed by atoms with Crippen LogP contribution in [0.3, 0.4) is 0 Å². The van der Waals surface area contributed by atoms with Gasteiger partial charge in [-0.1, -0.05) is 0 Å². The Morgan fingerprint density at radius 2 is 2.00 bits per heavy atom. The van der Waals surface area contributed by atoms with Gasteiger partial charge in [0.05, 0.1) is 6.20 Å². The SMILES string of the molecule is CC(N)C1CCN(S(=O)(=O)c2cncc(F)c2)CC1.Cl. The number of hydrogen-bond acceptors (Lipinski definition) is 4. The molecule has 2 N–H and O–H groups in total. The summed E-state index contributed by atoms with van der Waals surface area (Å²) < 4.78 is 39.1. The smallest absolute Gasteiger partial charge is 0.244 e. The second kappa shape index (κ2) is 6.80. The number of sulfonamides is 1. The van der Waals surface area contributed by atoms with E-state index in [1.807, 2.05) is 6.92 Å². The van der Waals surface area contributed by atoms with Crippen LogP contribution in [-0.2, 0) is 10.0 Å². The van der Waals surface area contributed by atoms with Crippen LogP contribution < -0.4 is 5.73 Å². The van der Waals surface area contributed by atoms with Crippen molar-refractivity contribution in [1.82, 2.24) is 9.29 Å². The average molecular weight is 324 g/mol. The number of rotatable bonds is 3. The van der Waals surface area contributed by atoms with Gasteiger partial charge in [-0.15, -0.1) is 12.4 Å². The lowest BCUT2D eigenvalue weighted by Gasteiger charge is -2.32. The van der Waals surface area contributed by atoms with Gasteiger partial charge in [-0.2, -0.15) is 4.31 Å². The Morgan fingerprint density at radius 1 is 1.40 bits per heavy atom. The fourth-order valence-electron chi connectivity index (χ4n) is 2.32. The summed E-state index contributed by atoms with van der Waals surface area (Å²) in [6, 6.07) is 1.07. The Kier molecular flexibility index (Phi) is 5.88. The lowest BCUT2D eigenvalue weighted by molar-refractivity contribution is 0.250. The van der Waals surface area contributed by atoms with Gasteiger partial charge in [-0.25, -0.2) is 12.8 Å². The molecule has 2 heterocycles. The highest BCUT2D eigenvalue weighted by Gasteiger charge is 2.30. The van der Waals surface area contributed by atoms with Gasteiger partial charge in [0.2, 0.25) is 10.0 Å². The third-order valence-corrected chi connectivity index (χ3v) is 5.42. The van der Waals surface area contributed by atoms with Crippen LogP contribution in [0.15, 0.2) is 23.4 Å². The van der Waals surface area contributed by atoms with E-state index in [-0.39, 0.29) is 23.3 Å². The monoisotopic (exact) mass is 323 g/mol. The molecule has 1 aromatic heterocycles. The number of nitrogens with two attached hydrogens (primary N) is 1. The summed E-state index contributed by atoms with van der Waals surface area (Å²) >= 11 is 0. The Bertz CT molecular complexity index is 545. The Labute approximate surface area is 124 Å². The van der Waals surface area contributed by atoms with E-state index in [1.54, 1.807) is 0 Å². The lowest BCUT2D eigenvalue weighted by atomic mass is 9.92. The van der Waals surface area contributed by atoms with E-state index >= 15 is 0 Å². The molecule has 1 fully saturated rings. The van der Waals surface area contributed by atoms with Crippen molar-refractivity contribution in [3.05, 3.63) is 24.3 Å². The molecule has 0 spiro atoms. The molecule has 1 aliphatic heterocycles. The standard InChI is InChI=1S/C12H18FN3O2S.ClH/c1-9(14)10-2-4-16(5-3-10)19(17,18)12-6-11(13)7-15-8-12;/h6-10H,2-5,14H2,1H3;1H. The second-order valence-corrected chi connectivity index (χ2v) is 6.88.